The number of likely N-dealkylation sites (N-methyl/N-ethyl adjacent to an activating group) is 1. The molecule has 0 radical (unpaired) electrons. The zero-order chi connectivity index (χ0) is 13.2. The Morgan fingerprint density at radius 3 is 2.06 bits per heavy atom. The lowest BCUT2D eigenvalue weighted by atomic mass is 10.2. The van der Waals surface area contributed by atoms with Crippen LogP contribution in [0, 0.1) is 0 Å². The van der Waals surface area contributed by atoms with Crippen LogP contribution in [-0.2, 0) is 19.2 Å². The molecule has 2 amide bonds. The molecule has 0 spiro atoms. The van der Waals surface area contributed by atoms with Crippen molar-refractivity contribution in [2.45, 2.75) is 12.5 Å². The second-order valence-electron chi connectivity index (χ2n) is 3.70. The molecule has 1 saturated heterocycles. The van der Waals surface area contributed by atoms with E-state index in [1.807, 2.05) is 0 Å². The molecule has 17 heavy (non-hydrogen) atoms. The van der Waals surface area contributed by atoms with Gasteiger partial charge in [0.2, 0.25) is 11.8 Å². The van der Waals surface area contributed by atoms with E-state index in [4.69, 9.17) is 10.2 Å². The Morgan fingerprint density at radius 1 is 1.29 bits per heavy atom. The Hall–Kier alpha value is -1.96. The molecule has 94 valence electrons. The fraction of sp³-hybridized carbons (Fsp3) is 0.556. The first kappa shape index (κ1) is 13.1. The Morgan fingerprint density at radius 2 is 1.76 bits per heavy atom. The van der Waals surface area contributed by atoms with E-state index >= 15 is 0 Å². The Balaban J connectivity index is 2.83. The van der Waals surface area contributed by atoms with Crippen molar-refractivity contribution in [1.29, 1.82) is 0 Å². The van der Waals surface area contributed by atoms with Crippen molar-refractivity contribution < 1.29 is 29.4 Å². The minimum absolute atomic E-state index is 0.185. The molecule has 0 bridgehead atoms. The molecule has 8 nitrogen and oxygen atoms in total. The fourth-order valence-electron chi connectivity index (χ4n) is 1.65. The normalized spacial score (nSPS) is 20.1. The predicted molar refractivity (Wildman–Crippen MR) is 53.0 cm³/mol. The third-order valence-corrected chi connectivity index (χ3v) is 2.48. The highest BCUT2D eigenvalue weighted by molar-refractivity contribution is 6.05. The van der Waals surface area contributed by atoms with Crippen molar-refractivity contribution in [3.8, 4) is 0 Å². The third-order valence-electron chi connectivity index (χ3n) is 2.48. The highest BCUT2D eigenvalue weighted by atomic mass is 16.4. The van der Waals surface area contributed by atoms with Crippen LogP contribution >= 0.6 is 0 Å². The van der Waals surface area contributed by atoms with Crippen LogP contribution in [0.4, 0.5) is 0 Å². The van der Waals surface area contributed by atoms with Gasteiger partial charge in [-0.3, -0.25) is 29.0 Å². The van der Waals surface area contributed by atoms with Crippen LogP contribution < -0.4 is 0 Å². The third kappa shape index (κ3) is 3.00. The second-order valence-corrected chi connectivity index (χ2v) is 3.70. The van der Waals surface area contributed by atoms with Gasteiger partial charge in [-0.25, -0.2) is 0 Å². The molecule has 0 aromatic carbocycles. The molecule has 1 fully saturated rings. The molecule has 1 atom stereocenters. The van der Waals surface area contributed by atoms with Crippen molar-refractivity contribution in [2.24, 2.45) is 0 Å². The van der Waals surface area contributed by atoms with Gasteiger partial charge in [0.15, 0.2) is 0 Å². The van der Waals surface area contributed by atoms with E-state index < -0.39 is 42.9 Å². The lowest BCUT2D eigenvalue weighted by Crippen LogP contribution is -2.46. The number of likely N-dealkylation sites (tertiary alicyclic amines) is 1. The van der Waals surface area contributed by atoms with Crippen molar-refractivity contribution in [3.05, 3.63) is 0 Å². The number of carboxylic acid groups (broad SMARTS) is 2. The summed E-state index contributed by atoms with van der Waals surface area (Å²) in [5, 5.41) is 17.3. The van der Waals surface area contributed by atoms with E-state index in [-0.39, 0.29) is 6.42 Å². The number of carboxylic acids is 2. The minimum atomic E-state index is -1.25. The molecular weight excluding hydrogens is 232 g/mol. The molecule has 1 aliphatic heterocycles. The maximum Gasteiger partial charge on any atom is 0.317 e. The fourth-order valence-corrected chi connectivity index (χ4v) is 1.65. The number of carbonyl (C=O) groups is 4. The molecular formula is C9H12N2O6. The summed E-state index contributed by atoms with van der Waals surface area (Å²) < 4.78 is 0. The smallest absolute Gasteiger partial charge is 0.317 e. The van der Waals surface area contributed by atoms with Gasteiger partial charge < -0.3 is 10.2 Å². The Bertz CT molecular complexity index is 364. The van der Waals surface area contributed by atoms with Crippen LogP contribution in [0.3, 0.4) is 0 Å². The SMILES string of the molecule is CN1C(=O)CC(N(CC(=O)O)CC(=O)O)C1=O. The number of rotatable bonds is 5. The number of nitrogens with zero attached hydrogens (tertiary/aromatic N) is 2. The van der Waals surface area contributed by atoms with E-state index in [2.05, 4.69) is 0 Å². The topological polar surface area (TPSA) is 115 Å². The van der Waals surface area contributed by atoms with Gasteiger partial charge in [0.1, 0.15) is 0 Å². The predicted octanol–water partition coefficient (Wildman–Crippen LogP) is -1.79. The van der Waals surface area contributed by atoms with Crippen molar-refractivity contribution in [1.82, 2.24) is 9.80 Å². The molecule has 0 aromatic rings. The van der Waals surface area contributed by atoms with E-state index in [1.165, 1.54) is 7.05 Å². The zero-order valence-electron chi connectivity index (χ0n) is 9.12. The molecule has 1 aliphatic rings. The summed E-state index contributed by atoms with van der Waals surface area (Å²) in [5.41, 5.74) is 0. The van der Waals surface area contributed by atoms with E-state index in [0.29, 0.717) is 0 Å². The van der Waals surface area contributed by atoms with Gasteiger partial charge >= 0.3 is 11.9 Å². The Labute approximate surface area is 96.4 Å². The maximum absolute atomic E-state index is 11.6. The van der Waals surface area contributed by atoms with E-state index in [0.717, 1.165) is 9.80 Å². The molecule has 0 saturated carbocycles. The molecule has 2 N–H and O–H groups in total. The summed E-state index contributed by atoms with van der Waals surface area (Å²) in [6, 6.07) is -1.00. The number of hydrogen-bond donors (Lipinski definition) is 2. The molecule has 1 rings (SSSR count). The largest absolute Gasteiger partial charge is 0.480 e. The lowest BCUT2D eigenvalue weighted by Gasteiger charge is -2.22. The molecule has 1 heterocycles. The van der Waals surface area contributed by atoms with Gasteiger partial charge in [0.25, 0.3) is 0 Å². The van der Waals surface area contributed by atoms with Crippen molar-refractivity contribution in [3.63, 3.8) is 0 Å². The van der Waals surface area contributed by atoms with Gasteiger partial charge in [0.05, 0.1) is 25.6 Å². The van der Waals surface area contributed by atoms with Gasteiger partial charge in [-0.2, -0.15) is 0 Å². The van der Waals surface area contributed by atoms with Crippen LogP contribution in [0.1, 0.15) is 6.42 Å². The van der Waals surface area contributed by atoms with Crippen LogP contribution in [0.25, 0.3) is 0 Å². The van der Waals surface area contributed by atoms with E-state index in [1.54, 1.807) is 0 Å². The van der Waals surface area contributed by atoms with Gasteiger partial charge in [-0.05, 0) is 0 Å². The van der Waals surface area contributed by atoms with Gasteiger partial charge in [0, 0.05) is 7.05 Å². The summed E-state index contributed by atoms with van der Waals surface area (Å²) in [6.07, 6.45) is -0.185. The minimum Gasteiger partial charge on any atom is -0.480 e. The summed E-state index contributed by atoms with van der Waals surface area (Å²) in [4.78, 5) is 45.8. The lowest BCUT2D eigenvalue weighted by molar-refractivity contribution is -0.144. The number of aliphatic carboxylic acids is 2. The first-order valence-corrected chi connectivity index (χ1v) is 4.81. The number of imide groups is 1. The summed E-state index contributed by atoms with van der Waals surface area (Å²) >= 11 is 0. The van der Waals surface area contributed by atoms with Gasteiger partial charge in [-0.15, -0.1) is 0 Å². The van der Waals surface area contributed by atoms with Crippen molar-refractivity contribution in [2.75, 3.05) is 20.1 Å². The summed E-state index contributed by atoms with van der Waals surface area (Å²) in [5.74, 6) is -3.51. The molecule has 1 unspecified atom stereocenters. The molecule has 8 heteroatoms. The molecule has 0 aliphatic carbocycles. The van der Waals surface area contributed by atoms with Crippen LogP contribution in [-0.4, -0.2) is 69.9 Å². The summed E-state index contributed by atoms with van der Waals surface area (Å²) in [7, 11) is 1.28. The average molecular weight is 244 g/mol. The quantitative estimate of drug-likeness (QED) is 0.549. The standard InChI is InChI=1S/C9H12N2O6/c1-10-6(12)2-5(9(10)17)11(3-7(13)14)4-8(15)16/h5H,2-4H2,1H3,(H,13,14)(H,15,16). The van der Waals surface area contributed by atoms with E-state index in [9.17, 15) is 19.2 Å². The molecule has 0 aromatic heterocycles. The van der Waals surface area contributed by atoms with Crippen molar-refractivity contribution >= 4 is 23.8 Å². The first-order chi connectivity index (χ1) is 7.82. The monoisotopic (exact) mass is 244 g/mol. The average Bonchev–Trinajstić information content (AvgIpc) is 2.43. The first-order valence-electron chi connectivity index (χ1n) is 4.81. The second kappa shape index (κ2) is 4.91. The number of amides is 2. The zero-order valence-corrected chi connectivity index (χ0v) is 9.12. The number of hydrogen-bond acceptors (Lipinski definition) is 5. The Kier molecular flexibility index (Phi) is 3.79. The van der Waals surface area contributed by atoms with Crippen LogP contribution in [0.5, 0.6) is 0 Å². The van der Waals surface area contributed by atoms with Crippen LogP contribution in [0.2, 0.25) is 0 Å². The highest BCUT2D eigenvalue weighted by Crippen LogP contribution is 2.16. The van der Waals surface area contributed by atoms with Crippen LogP contribution in [0.15, 0.2) is 0 Å². The summed E-state index contributed by atoms with van der Waals surface area (Å²) in [6.45, 7) is -1.19. The van der Waals surface area contributed by atoms with Gasteiger partial charge in [-0.1, -0.05) is 0 Å². The number of carbonyl (C=O) groups excluding carboxylic acids is 2. The maximum atomic E-state index is 11.6. The highest BCUT2D eigenvalue weighted by Gasteiger charge is 2.40.